The topological polar surface area (TPSA) is 61.6 Å². The first-order valence-electron chi connectivity index (χ1n) is 6.77. The fourth-order valence-corrected chi connectivity index (χ4v) is 2.47. The summed E-state index contributed by atoms with van der Waals surface area (Å²) in [5, 5.41) is 0. The van der Waals surface area contributed by atoms with Crippen LogP contribution in [0.2, 0.25) is 0 Å². The lowest BCUT2D eigenvalue weighted by Crippen LogP contribution is -2.57. The van der Waals surface area contributed by atoms with Crippen LogP contribution < -0.4 is 11.3 Å². The van der Waals surface area contributed by atoms with Gasteiger partial charge in [0.05, 0.1) is 5.92 Å². The molecule has 1 heterocycles. The highest BCUT2D eigenvalue weighted by molar-refractivity contribution is 5.78. The molecule has 3 N–H and O–H groups in total. The zero-order chi connectivity index (χ0) is 13.9. The Kier molecular flexibility index (Phi) is 5.13. The van der Waals surface area contributed by atoms with Crippen LogP contribution in [-0.4, -0.2) is 53.5 Å². The fourth-order valence-electron chi connectivity index (χ4n) is 2.47. The molecule has 5 nitrogen and oxygen atoms in total. The molecule has 0 aromatic carbocycles. The number of amides is 1. The van der Waals surface area contributed by atoms with Gasteiger partial charge in [-0.3, -0.25) is 20.0 Å². The third-order valence-electron chi connectivity index (χ3n) is 4.12. The van der Waals surface area contributed by atoms with E-state index < -0.39 is 0 Å². The number of nitrogens with two attached hydrogens (primary N) is 1. The number of rotatable bonds is 3. The number of piperazine rings is 1. The molecular formula is C13H28N4O. The van der Waals surface area contributed by atoms with E-state index in [0.29, 0.717) is 0 Å². The standard InChI is InChI=1S/C13H28N4O/c1-10(12(18)15-14)11(2)16-6-8-17(9-7-16)13(3,4)5/h10-11H,6-9,14H2,1-5H3,(H,15,18). The molecule has 2 unspecified atom stereocenters. The molecule has 1 amide bonds. The van der Waals surface area contributed by atoms with Crippen LogP contribution in [0.25, 0.3) is 0 Å². The Balaban J connectivity index is 2.50. The molecule has 1 saturated heterocycles. The average molecular weight is 256 g/mol. The minimum absolute atomic E-state index is 0.0730. The number of hydrazine groups is 1. The summed E-state index contributed by atoms with van der Waals surface area (Å²) in [4.78, 5) is 16.4. The van der Waals surface area contributed by atoms with Gasteiger partial charge in [0.25, 0.3) is 0 Å². The van der Waals surface area contributed by atoms with E-state index in [1.165, 1.54) is 0 Å². The Morgan fingerprint density at radius 2 is 1.67 bits per heavy atom. The number of hydrogen-bond acceptors (Lipinski definition) is 4. The van der Waals surface area contributed by atoms with Crippen LogP contribution in [0.5, 0.6) is 0 Å². The molecule has 106 valence electrons. The van der Waals surface area contributed by atoms with Gasteiger partial charge in [-0.1, -0.05) is 6.92 Å². The van der Waals surface area contributed by atoms with Gasteiger partial charge in [0.15, 0.2) is 0 Å². The summed E-state index contributed by atoms with van der Waals surface area (Å²) in [7, 11) is 0. The first-order chi connectivity index (χ1) is 8.27. The zero-order valence-electron chi connectivity index (χ0n) is 12.4. The van der Waals surface area contributed by atoms with E-state index >= 15 is 0 Å². The maximum absolute atomic E-state index is 11.5. The number of nitrogens with zero attached hydrogens (tertiary/aromatic N) is 2. The summed E-state index contributed by atoms with van der Waals surface area (Å²) < 4.78 is 0. The third kappa shape index (κ3) is 3.67. The smallest absolute Gasteiger partial charge is 0.238 e. The quantitative estimate of drug-likeness (QED) is 0.436. The molecule has 1 rings (SSSR count). The molecule has 0 aliphatic carbocycles. The molecule has 0 bridgehead atoms. The van der Waals surface area contributed by atoms with E-state index in [0.717, 1.165) is 26.2 Å². The lowest BCUT2D eigenvalue weighted by atomic mass is 9.99. The Morgan fingerprint density at radius 1 is 1.17 bits per heavy atom. The van der Waals surface area contributed by atoms with Crippen molar-refractivity contribution in [2.24, 2.45) is 11.8 Å². The van der Waals surface area contributed by atoms with Crippen LogP contribution >= 0.6 is 0 Å². The van der Waals surface area contributed by atoms with Gasteiger partial charge in [0.1, 0.15) is 0 Å². The molecule has 1 aliphatic rings. The van der Waals surface area contributed by atoms with Crippen molar-refractivity contribution in [1.29, 1.82) is 0 Å². The van der Waals surface area contributed by atoms with Crippen molar-refractivity contribution in [1.82, 2.24) is 15.2 Å². The second-order valence-corrected chi connectivity index (χ2v) is 6.23. The van der Waals surface area contributed by atoms with Crippen LogP contribution in [0.4, 0.5) is 0 Å². The molecule has 0 aromatic rings. The van der Waals surface area contributed by atoms with Gasteiger partial charge in [0, 0.05) is 37.8 Å². The van der Waals surface area contributed by atoms with E-state index in [2.05, 4.69) is 42.9 Å². The maximum Gasteiger partial charge on any atom is 0.238 e. The number of carbonyl (C=O) groups excluding carboxylic acids is 1. The summed E-state index contributed by atoms with van der Waals surface area (Å²) in [5.41, 5.74) is 2.47. The van der Waals surface area contributed by atoms with Crippen LogP contribution in [0.3, 0.4) is 0 Å². The highest BCUT2D eigenvalue weighted by atomic mass is 16.2. The van der Waals surface area contributed by atoms with E-state index in [1.807, 2.05) is 6.92 Å². The van der Waals surface area contributed by atoms with Gasteiger partial charge in [-0.2, -0.15) is 0 Å². The molecule has 0 radical (unpaired) electrons. The van der Waals surface area contributed by atoms with Gasteiger partial charge in [-0.25, -0.2) is 5.84 Å². The maximum atomic E-state index is 11.5. The van der Waals surface area contributed by atoms with E-state index in [9.17, 15) is 4.79 Å². The summed E-state index contributed by atoms with van der Waals surface area (Å²) >= 11 is 0. The number of hydrogen-bond donors (Lipinski definition) is 2. The number of nitrogens with one attached hydrogen (secondary N) is 1. The highest BCUT2D eigenvalue weighted by Gasteiger charge is 2.31. The second kappa shape index (κ2) is 5.99. The third-order valence-corrected chi connectivity index (χ3v) is 4.12. The Labute approximate surface area is 111 Å². The largest absolute Gasteiger partial charge is 0.297 e. The molecule has 0 saturated carbocycles. The number of carbonyl (C=O) groups is 1. The molecule has 2 atom stereocenters. The Morgan fingerprint density at radius 3 is 2.06 bits per heavy atom. The monoisotopic (exact) mass is 256 g/mol. The summed E-state index contributed by atoms with van der Waals surface area (Å²) in [6, 6.07) is 0.232. The molecule has 0 aromatic heterocycles. The van der Waals surface area contributed by atoms with Gasteiger partial charge in [-0.15, -0.1) is 0 Å². The van der Waals surface area contributed by atoms with Crippen LogP contribution in [0.1, 0.15) is 34.6 Å². The van der Waals surface area contributed by atoms with Crippen molar-refractivity contribution in [2.75, 3.05) is 26.2 Å². The SMILES string of the molecule is CC(C(=O)NN)C(C)N1CCN(C(C)(C)C)CC1. The minimum atomic E-state index is -0.0826. The predicted octanol–water partition coefficient (Wildman–Crippen LogP) is 0.417. The van der Waals surface area contributed by atoms with Crippen molar-refractivity contribution in [3.63, 3.8) is 0 Å². The van der Waals surface area contributed by atoms with Gasteiger partial charge in [0.2, 0.25) is 5.91 Å². The Hall–Kier alpha value is -0.650. The van der Waals surface area contributed by atoms with Crippen molar-refractivity contribution >= 4 is 5.91 Å². The van der Waals surface area contributed by atoms with E-state index in [4.69, 9.17) is 5.84 Å². The molecule has 0 spiro atoms. The lowest BCUT2D eigenvalue weighted by Gasteiger charge is -2.44. The highest BCUT2D eigenvalue weighted by Crippen LogP contribution is 2.19. The van der Waals surface area contributed by atoms with Crippen LogP contribution in [0.15, 0.2) is 0 Å². The first-order valence-corrected chi connectivity index (χ1v) is 6.77. The van der Waals surface area contributed by atoms with Gasteiger partial charge in [-0.05, 0) is 27.7 Å². The fraction of sp³-hybridized carbons (Fsp3) is 0.923. The van der Waals surface area contributed by atoms with Crippen molar-refractivity contribution in [3.05, 3.63) is 0 Å². The van der Waals surface area contributed by atoms with Crippen molar-refractivity contribution < 1.29 is 4.79 Å². The predicted molar refractivity (Wildman–Crippen MR) is 73.9 cm³/mol. The van der Waals surface area contributed by atoms with E-state index in [-0.39, 0.29) is 23.4 Å². The van der Waals surface area contributed by atoms with Crippen LogP contribution in [-0.2, 0) is 4.79 Å². The average Bonchev–Trinajstić information content (AvgIpc) is 2.35. The Bertz CT molecular complexity index is 279. The molecule has 5 heteroatoms. The first kappa shape index (κ1) is 15.4. The summed E-state index contributed by atoms with van der Waals surface area (Å²) in [6.45, 7) is 14.9. The lowest BCUT2D eigenvalue weighted by molar-refractivity contribution is -0.126. The second-order valence-electron chi connectivity index (χ2n) is 6.23. The summed E-state index contributed by atoms with van der Waals surface area (Å²) in [5.74, 6) is 5.04. The van der Waals surface area contributed by atoms with Gasteiger partial charge >= 0.3 is 0 Å². The molecule has 1 fully saturated rings. The molecular weight excluding hydrogens is 228 g/mol. The minimum Gasteiger partial charge on any atom is -0.297 e. The molecule has 1 aliphatic heterocycles. The van der Waals surface area contributed by atoms with Crippen molar-refractivity contribution in [3.8, 4) is 0 Å². The molecule has 18 heavy (non-hydrogen) atoms. The van der Waals surface area contributed by atoms with Crippen LogP contribution in [0, 0.1) is 5.92 Å². The zero-order valence-corrected chi connectivity index (χ0v) is 12.4. The summed E-state index contributed by atoms with van der Waals surface area (Å²) in [6.07, 6.45) is 0. The van der Waals surface area contributed by atoms with Crippen molar-refractivity contribution in [2.45, 2.75) is 46.2 Å². The normalized spacial score (nSPS) is 22.6. The van der Waals surface area contributed by atoms with E-state index in [1.54, 1.807) is 0 Å². The van der Waals surface area contributed by atoms with Gasteiger partial charge < -0.3 is 0 Å².